The van der Waals surface area contributed by atoms with Gasteiger partial charge in [0, 0.05) is 31.3 Å². The van der Waals surface area contributed by atoms with E-state index in [9.17, 15) is 9.59 Å². The lowest BCUT2D eigenvalue weighted by Crippen LogP contribution is -2.58. The molecule has 4 aromatic carbocycles. The summed E-state index contributed by atoms with van der Waals surface area (Å²) in [5.74, 6) is 0.436. The van der Waals surface area contributed by atoms with Crippen LogP contribution in [-0.4, -0.2) is 68.1 Å². The third kappa shape index (κ3) is 7.69. The summed E-state index contributed by atoms with van der Waals surface area (Å²) >= 11 is 0. The van der Waals surface area contributed by atoms with E-state index in [0.29, 0.717) is 44.1 Å². The van der Waals surface area contributed by atoms with Crippen LogP contribution >= 0.6 is 0 Å². The van der Waals surface area contributed by atoms with Gasteiger partial charge in [-0.2, -0.15) is 0 Å². The van der Waals surface area contributed by atoms with Gasteiger partial charge < -0.3 is 19.3 Å². The second-order valence-electron chi connectivity index (χ2n) is 12.6. The number of carbonyl (C=O) groups excluding carboxylic acids is 2. The van der Waals surface area contributed by atoms with E-state index < -0.39 is 5.60 Å². The molecule has 0 spiro atoms. The average Bonchev–Trinajstić information content (AvgIpc) is 3.53. The number of benzene rings is 4. The predicted octanol–water partition coefficient (Wildman–Crippen LogP) is 6.82. The van der Waals surface area contributed by atoms with Gasteiger partial charge in [0.15, 0.2) is 5.69 Å². The van der Waals surface area contributed by atoms with Crippen molar-refractivity contribution in [1.29, 1.82) is 0 Å². The normalized spacial score (nSPS) is 14.9. The van der Waals surface area contributed by atoms with Crippen molar-refractivity contribution in [2.75, 3.05) is 19.6 Å². The Kier molecular flexibility index (Phi) is 9.33. The van der Waals surface area contributed by atoms with Gasteiger partial charge in [-0.25, -0.2) is 9.48 Å². The zero-order valence-electron chi connectivity index (χ0n) is 27.0. The summed E-state index contributed by atoms with van der Waals surface area (Å²) in [6.45, 7) is 7.00. The molecule has 0 radical (unpaired) electrons. The van der Waals surface area contributed by atoms with E-state index in [4.69, 9.17) is 9.47 Å². The van der Waals surface area contributed by atoms with Crippen molar-refractivity contribution < 1.29 is 19.1 Å². The van der Waals surface area contributed by atoms with E-state index in [1.165, 1.54) is 0 Å². The Morgan fingerprint density at radius 3 is 2.15 bits per heavy atom. The van der Waals surface area contributed by atoms with Crippen molar-refractivity contribution in [3.05, 3.63) is 132 Å². The van der Waals surface area contributed by atoms with E-state index in [2.05, 4.69) is 10.3 Å². The Balaban J connectivity index is 1.32. The molecule has 0 bridgehead atoms. The minimum atomic E-state index is -0.619. The quantitative estimate of drug-likeness (QED) is 0.187. The summed E-state index contributed by atoms with van der Waals surface area (Å²) in [6.07, 6.45) is 0.189. The molecule has 1 aromatic heterocycles. The molecule has 9 nitrogen and oxygen atoms in total. The van der Waals surface area contributed by atoms with Crippen LogP contribution < -0.4 is 4.74 Å². The van der Waals surface area contributed by atoms with Crippen LogP contribution in [0.1, 0.15) is 42.4 Å². The van der Waals surface area contributed by atoms with Crippen LogP contribution in [0.3, 0.4) is 0 Å². The number of ether oxygens (including phenoxy) is 2. The van der Waals surface area contributed by atoms with Gasteiger partial charge in [-0.05, 0) is 50.5 Å². The SMILES string of the molecule is CC(C)(C)OC(=O)N1CCN(C(=O)c2nnn(-c3cccc(OCc4ccccc4)c3)c2-c2ccccc2)C(Cc2ccccc2)C1. The van der Waals surface area contributed by atoms with E-state index in [-0.39, 0.29) is 23.7 Å². The van der Waals surface area contributed by atoms with Gasteiger partial charge in [0.25, 0.3) is 5.91 Å². The Morgan fingerprint density at radius 2 is 1.47 bits per heavy atom. The lowest BCUT2D eigenvalue weighted by Gasteiger charge is -2.41. The lowest BCUT2D eigenvalue weighted by molar-refractivity contribution is 0.00427. The Labute approximate surface area is 275 Å². The van der Waals surface area contributed by atoms with Gasteiger partial charge in [0.1, 0.15) is 23.7 Å². The highest BCUT2D eigenvalue weighted by atomic mass is 16.6. The third-order valence-corrected chi connectivity index (χ3v) is 7.94. The molecule has 1 fully saturated rings. The van der Waals surface area contributed by atoms with Crippen molar-refractivity contribution in [3.63, 3.8) is 0 Å². The molecule has 1 aliphatic heterocycles. The molecule has 1 unspecified atom stereocenters. The van der Waals surface area contributed by atoms with Crippen molar-refractivity contribution in [2.45, 2.75) is 45.4 Å². The summed E-state index contributed by atoms with van der Waals surface area (Å²) in [5.41, 5.74) is 3.87. The molecule has 2 amide bonds. The Hall–Kier alpha value is -5.44. The number of amides is 2. The van der Waals surface area contributed by atoms with Gasteiger partial charge in [0.2, 0.25) is 0 Å². The molecule has 0 N–H and O–H groups in total. The zero-order valence-corrected chi connectivity index (χ0v) is 27.0. The molecule has 9 heteroatoms. The molecule has 2 heterocycles. The predicted molar refractivity (Wildman–Crippen MR) is 180 cm³/mol. The molecule has 0 saturated carbocycles. The Morgan fingerprint density at radius 1 is 0.809 bits per heavy atom. The molecule has 1 atom stereocenters. The van der Waals surface area contributed by atoms with E-state index in [1.54, 1.807) is 9.58 Å². The maximum atomic E-state index is 14.5. The molecule has 0 aliphatic carbocycles. The molecule has 5 aromatic rings. The van der Waals surface area contributed by atoms with E-state index in [1.807, 2.05) is 141 Å². The van der Waals surface area contributed by atoms with Crippen LogP contribution in [0, 0.1) is 0 Å². The van der Waals surface area contributed by atoms with Crippen LogP contribution in [-0.2, 0) is 17.8 Å². The number of hydrogen-bond acceptors (Lipinski definition) is 6. The summed E-state index contributed by atoms with van der Waals surface area (Å²) in [7, 11) is 0. The van der Waals surface area contributed by atoms with Crippen LogP contribution in [0.2, 0.25) is 0 Å². The second-order valence-corrected chi connectivity index (χ2v) is 12.6. The Bertz CT molecular complexity index is 1800. The first-order chi connectivity index (χ1) is 22.7. The van der Waals surface area contributed by atoms with Gasteiger partial charge in [-0.3, -0.25) is 4.79 Å². The molecular formula is C38H39N5O4. The zero-order chi connectivity index (χ0) is 32.8. The largest absolute Gasteiger partial charge is 0.489 e. The van der Waals surface area contributed by atoms with E-state index in [0.717, 1.165) is 22.4 Å². The average molecular weight is 630 g/mol. The number of nitrogens with zero attached hydrogens (tertiary/aromatic N) is 5. The highest BCUT2D eigenvalue weighted by Crippen LogP contribution is 2.29. The van der Waals surface area contributed by atoms with Crippen LogP contribution in [0.4, 0.5) is 4.79 Å². The summed E-state index contributed by atoms with van der Waals surface area (Å²) in [6, 6.07) is 37.0. The standard InChI is InChI=1S/C38H39N5O4/c1-38(2,3)47-37(45)41-22-23-42(32(26-41)24-28-14-7-4-8-15-28)36(44)34-35(30-18-11-6-12-19-30)43(40-39-34)31-20-13-21-33(25-31)46-27-29-16-9-5-10-17-29/h4-21,25,32H,22-24,26-27H2,1-3H3. The monoisotopic (exact) mass is 629 g/mol. The molecule has 6 rings (SSSR count). The fourth-order valence-corrected chi connectivity index (χ4v) is 5.72. The molecular weight excluding hydrogens is 590 g/mol. The number of hydrogen-bond donors (Lipinski definition) is 0. The van der Waals surface area contributed by atoms with Gasteiger partial charge in [-0.15, -0.1) is 5.10 Å². The maximum absolute atomic E-state index is 14.5. The van der Waals surface area contributed by atoms with Crippen molar-refractivity contribution in [1.82, 2.24) is 24.8 Å². The van der Waals surface area contributed by atoms with Crippen LogP contribution in [0.15, 0.2) is 115 Å². The fourth-order valence-electron chi connectivity index (χ4n) is 5.72. The minimum absolute atomic E-state index is 0.239. The maximum Gasteiger partial charge on any atom is 0.410 e. The number of rotatable bonds is 8. The highest BCUT2D eigenvalue weighted by Gasteiger charge is 2.37. The fraction of sp³-hybridized carbons (Fsp3) is 0.263. The van der Waals surface area contributed by atoms with Gasteiger partial charge >= 0.3 is 6.09 Å². The summed E-state index contributed by atoms with van der Waals surface area (Å²) in [4.78, 5) is 31.1. The molecule has 47 heavy (non-hydrogen) atoms. The first kappa shape index (κ1) is 31.5. The molecule has 240 valence electrons. The topological polar surface area (TPSA) is 89.8 Å². The smallest absolute Gasteiger partial charge is 0.410 e. The van der Waals surface area contributed by atoms with Crippen LogP contribution in [0.25, 0.3) is 16.9 Å². The lowest BCUT2D eigenvalue weighted by atomic mass is 10.0. The van der Waals surface area contributed by atoms with Crippen molar-refractivity contribution in [2.24, 2.45) is 0 Å². The second kappa shape index (κ2) is 13.9. The number of piperazine rings is 1. The summed E-state index contributed by atoms with van der Waals surface area (Å²) < 4.78 is 13.5. The third-order valence-electron chi connectivity index (χ3n) is 7.94. The van der Waals surface area contributed by atoms with E-state index >= 15 is 0 Å². The molecule has 1 saturated heterocycles. The first-order valence-electron chi connectivity index (χ1n) is 15.9. The number of aromatic nitrogens is 3. The first-order valence-corrected chi connectivity index (χ1v) is 15.9. The minimum Gasteiger partial charge on any atom is -0.489 e. The van der Waals surface area contributed by atoms with Gasteiger partial charge in [0.05, 0.1) is 11.7 Å². The van der Waals surface area contributed by atoms with Crippen molar-refractivity contribution in [3.8, 4) is 22.7 Å². The molecule has 1 aliphatic rings. The number of carbonyl (C=O) groups is 2. The summed E-state index contributed by atoms with van der Waals surface area (Å²) in [5, 5.41) is 9.00. The highest BCUT2D eigenvalue weighted by molar-refractivity contribution is 5.98. The van der Waals surface area contributed by atoms with Crippen LogP contribution in [0.5, 0.6) is 5.75 Å². The van der Waals surface area contributed by atoms with Crippen molar-refractivity contribution >= 4 is 12.0 Å². The van der Waals surface area contributed by atoms with Gasteiger partial charge in [-0.1, -0.05) is 102 Å².